The van der Waals surface area contributed by atoms with Crippen LogP contribution in [0.4, 0.5) is 0 Å². The van der Waals surface area contributed by atoms with Gasteiger partial charge >= 0.3 is 0 Å². The highest BCUT2D eigenvalue weighted by molar-refractivity contribution is 6.34. The topological polar surface area (TPSA) is 0 Å². The SMILES string of the molecule is C=C/C(=C(\C(=C(/C)c1ccccc1)c1ccc(C2=C(c3ccccc3)C(=C)C(c3ccccc3)=C2c2ccccc2)cc1)c1ccccc1)c1ccccc1. The molecule has 0 nitrogen and oxygen atoms in total. The van der Waals surface area contributed by atoms with Gasteiger partial charge < -0.3 is 0 Å². The van der Waals surface area contributed by atoms with Gasteiger partial charge in [-0.1, -0.05) is 225 Å². The van der Waals surface area contributed by atoms with Crippen molar-refractivity contribution in [2.24, 2.45) is 0 Å². The molecule has 0 N–H and O–H groups in total. The van der Waals surface area contributed by atoms with E-state index in [0.717, 1.165) is 61.2 Å². The maximum atomic E-state index is 4.80. The Morgan fingerprint density at radius 2 is 0.673 bits per heavy atom. The predicted molar refractivity (Wildman–Crippen MR) is 237 cm³/mol. The Hall–Kier alpha value is -7.02. The lowest BCUT2D eigenvalue weighted by atomic mass is 9.81. The lowest BCUT2D eigenvalue weighted by Gasteiger charge is -2.22. The Balaban J connectivity index is 1.40. The van der Waals surface area contributed by atoms with Gasteiger partial charge in [-0.3, -0.25) is 0 Å². The van der Waals surface area contributed by atoms with Crippen molar-refractivity contribution in [3.63, 3.8) is 0 Å². The first-order valence-corrected chi connectivity index (χ1v) is 18.8. The van der Waals surface area contributed by atoms with E-state index >= 15 is 0 Å². The minimum absolute atomic E-state index is 1.03. The molecule has 0 amide bonds. The molecule has 0 saturated heterocycles. The van der Waals surface area contributed by atoms with Crippen molar-refractivity contribution in [2.75, 3.05) is 0 Å². The standard InChI is InChI=1S/C55H42/c1-4-49(42-25-13-6-14-26-42)53(45-31-19-9-20-32-45)50(39(2)41-23-11-5-12-24-41)47-35-37-48(38-36-47)55-52(44-29-17-8-18-30-44)40(3)51(43-27-15-7-16-28-43)54(55)46-33-21-10-22-34-46/h4-38H,1,3H2,2H3/b50-39+,53-49+. The second-order valence-corrected chi connectivity index (χ2v) is 13.7. The molecule has 0 spiro atoms. The molecule has 1 aliphatic carbocycles. The maximum absolute atomic E-state index is 4.80. The van der Waals surface area contributed by atoms with Gasteiger partial charge in [-0.15, -0.1) is 0 Å². The van der Waals surface area contributed by atoms with Crippen LogP contribution in [0, 0.1) is 0 Å². The van der Waals surface area contributed by atoms with Gasteiger partial charge in [0.2, 0.25) is 0 Å². The first-order valence-electron chi connectivity index (χ1n) is 18.8. The van der Waals surface area contributed by atoms with Gasteiger partial charge in [0.15, 0.2) is 0 Å². The molecular weight excluding hydrogens is 661 g/mol. The molecule has 0 heteroatoms. The molecule has 55 heavy (non-hydrogen) atoms. The van der Waals surface area contributed by atoms with Gasteiger partial charge in [-0.25, -0.2) is 0 Å². The molecule has 7 aromatic rings. The lowest BCUT2D eigenvalue weighted by Crippen LogP contribution is -1.99. The lowest BCUT2D eigenvalue weighted by molar-refractivity contribution is 1.51. The molecular formula is C55H42. The summed E-state index contributed by atoms with van der Waals surface area (Å²) in [7, 11) is 0. The molecule has 8 rings (SSSR count). The van der Waals surface area contributed by atoms with Crippen molar-refractivity contribution in [1.82, 2.24) is 0 Å². The minimum Gasteiger partial charge on any atom is -0.0984 e. The average molecular weight is 703 g/mol. The predicted octanol–water partition coefficient (Wildman–Crippen LogP) is 14.5. The molecule has 7 aromatic carbocycles. The summed E-state index contributed by atoms with van der Waals surface area (Å²) in [6.45, 7) is 11.4. The average Bonchev–Trinajstić information content (AvgIpc) is 3.58. The summed E-state index contributed by atoms with van der Waals surface area (Å²) in [5, 5.41) is 0. The van der Waals surface area contributed by atoms with Crippen LogP contribution in [0.3, 0.4) is 0 Å². The van der Waals surface area contributed by atoms with Crippen LogP contribution in [-0.4, -0.2) is 0 Å². The smallest absolute Gasteiger partial charge is 0.00143 e. The van der Waals surface area contributed by atoms with Crippen molar-refractivity contribution in [1.29, 1.82) is 0 Å². The number of hydrogen-bond donors (Lipinski definition) is 0. The van der Waals surface area contributed by atoms with E-state index in [0.29, 0.717) is 0 Å². The summed E-state index contributed by atoms with van der Waals surface area (Å²) in [5.41, 5.74) is 19.5. The quantitative estimate of drug-likeness (QED) is 0.0983. The maximum Gasteiger partial charge on any atom is -0.00143 e. The van der Waals surface area contributed by atoms with Gasteiger partial charge in [-0.2, -0.15) is 0 Å². The zero-order valence-electron chi connectivity index (χ0n) is 31.1. The molecule has 0 fully saturated rings. The fraction of sp³-hybridized carbons (Fsp3) is 0.0182. The van der Waals surface area contributed by atoms with Crippen molar-refractivity contribution < 1.29 is 0 Å². The van der Waals surface area contributed by atoms with Crippen LogP contribution in [-0.2, 0) is 0 Å². The van der Waals surface area contributed by atoms with Gasteiger partial charge in [0, 0.05) is 0 Å². The van der Waals surface area contributed by atoms with E-state index in [1.54, 1.807) is 0 Å². The summed E-state index contributed by atoms with van der Waals surface area (Å²) in [5.74, 6) is 0. The molecule has 1 aliphatic rings. The second kappa shape index (κ2) is 15.9. The summed E-state index contributed by atoms with van der Waals surface area (Å²) < 4.78 is 0. The summed E-state index contributed by atoms with van der Waals surface area (Å²) in [4.78, 5) is 0. The number of rotatable bonds is 10. The monoisotopic (exact) mass is 702 g/mol. The van der Waals surface area contributed by atoms with Gasteiger partial charge in [0.1, 0.15) is 0 Å². The van der Waals surface area contributed by atoms with E-state index < -0.39 is 0 Å². The van der Waals surface area contributed by atoms with Gasteiger partial charge in [-0.05, 0) is 102 Å². The van der Waals surface area contributed by atoms with Crippen molar-refractivity contribution >= 4 is 44.6 Å². The highest BCUT2D eigenvalue weighted by Crippen LogP contribution is 2.54. The number of allylic oxidation sites excluding steroid dienone is 10. The van der Waals surface area contributed by atoms with Gasteiger partial charge in [0.25, 0.3) is 0 Å². The van der Waals surface area contributed by atoms with Crippen LogP contribution in [0.1, 0.15) is 51.4 Å². The van der Waals surface area contributed by atoms with E-state index in [1.165, 1.54) is 33.4 Å². The first-order chi connectivity index (χ1) is 27.1. The molecule has 0 aliphatic heterocycles. The molecule has 0 aromatic heterocycles. The number of benzene rings is 7. The summed E-state index contributed by atoms with van der Waals surface area (Å²) >= 11 is 0. The van der Waals surface area contributed by atoms with E-state index in [1.807, 2.05) is 6.08 Å². The summed E-state index contributed by atoms with van der Waals surface area (Å²) in [6, 6.07) is 73.4. The van der Waals surface area contributed by atoms with Crippen molar-refractivity contribution in [2.45, 2.75) is 6.92 Å². The molecule has 0 saturated carbocycles. The highest BCUT2D eigenvalue weighted by Gasteiger charge is 2.31. The van der Waals surface area contributed by atoms with Crippen LogP contribution in [0.25, 0.3) is 44.6 Å². The largest absolute Gasteiger partial charge is 0.0984 e. The van der Waals surface area contributed by atoms with Crippen LogP contribution in [0.5, 0.6) is 0 Å². The summed E-state index contributed by atoms with van der Waals surface area (Å²) in [6.07, 6.45) is 2.01. The van der Waals surface area contributed by atoms with E-state index in [4.69, 9.17) is 6.58 Å². The molecule has 0 radical (unpaired) electrons. The third-order valence-electron chi connectivity index (χ3n) is 10.5. The third kappa shape index (κ3) is 6.95. The zero-order chi connectivity index (χ0) is 37.6. The normalized spacial score (nSPS) is 13.7. The van der Waals surface area contributed by atoms with Crippen LogP contribution >= 0.6 is 0 Å². The highest BCUT2D eigenvalue weighted by atomic mass is 14.3. The third-order valence-corrected chi connectivity index (χ3v) is 10.5. The minimum atomic E-state index is 1.03. The Morgan fingerprint density at radius 1 is 0.345 bits per heavy atom. The number of hydrogen-bond acceptors (Lipinski definition) is 0. The molecule has 0 heterocycles. The Labute approximate surface area is 325 Å². The molecule has 0 atom stereocenters. The zero-order valence-corrected chi connectivity index (χ0v) is 31.1. The van der Waals surface area contributed by atoms with E-state index in [2.05, 4.69) is 220 Å². The van der Waals surface area contributed by atoms with E-state index in [9.17, 15) is 0 Å². The van der Waals surface area contributed by atoms with Crippen LogP contribution in [0.15, 0.2) is 231 Å². The Kier molecular flexibility index (Phi) is 10.1. The van der Waals surface area contributed by atoms with Crippen molar-refractivity contribution in [3.8, 4) is 0 Å². The molecule has 0 unspecified atom stereocenters. The first kappa shape index (κ1) is 35.0. The van der Waals surface area contributed by atoms with Crippen LogP contribution in [0.2, 0.25) is 0 Å². The van der Waals surface area contributed by atoms with E-state index in [-0.39, 0.29) is 0 Å². The Morgan fingerprint density at radius 3 is 1.09 bits per heavy atom. The Bertz CT molecular complexity index is 2580. The fourth-order valence-electron chi connectivity index (χ4n) is 7.91. The molecule has 0 bridgehead atoms. The fourth-order valence-corrected chi connectivity index (χ4v) is 7.91. The van der Waals surface area contributed by atoms with Gasteiger partial charge in [0.05, 0.1) is 0 Å². The van der Waals surface area contributed by atoms with Crippen LogP contribution < -0.4 is 0 Å². The van der Waals surface area contributed by atoms with Crippen molar-refractivity contribution in [3.05, 3.63) is 276 Å². The second-order valence-electron chi connectivity index (χ2n) is 13.7. The molecule has 262 valence electrons.